The maximum Gasteiger partial charge on any atom is 0.421 e. The van der Waals surface area contributed by atoms with E-state index in [2.05, 4.69) is 15.4 Å². The molecule has 0 aliphatic carbocycles. The molecular weight excluding hydrogens is 365 g/mol. The monoisotopic (exact) mass is 378 g/mol. The zero-order valence-corrected chi connectivity index (χ0v) is 14.4. The minimum Gasteiger partial charge on any atom is -0.297 e. The lowest BCUT2D eigenvalue weighted by Gasteiger charge is -2.24. The molecular formula is C18H14ClF3N4. The van der Waals surface area contributed by atoms with E-state index in [1.807, 2.05) is 6.07 Å². The lowest BCUT2D eigenvalue weighted by atomic mass is 10.2. The van der Waals surface area contributed by atoms with Crippen molar-refractivity contribution in [2.45, 2.75) is 6.18 Å². The van der Waals surface area contributed by atoms with E-state index < -0.39 is 11.7 Å². The van der Waals surface area contributed by atoms with Crippen molar-refractivity contribution in [1.29, 1.82) is 0 Å². The van der Waals surface area contributed by atoms with Crippen molar-refractivity contribution in [3.8, 4) is 11.4 Å². The Bertz CT molecular complexity index is 883. The number of benzene rings is 2. The molecule has 26 heavy (non-hydrogen) atoms. The molecule has 0 saturated carbocycles. The van der Waals surface area contributed by atoms with Gasteiger partial charge in [-0.25, -0.2) is 9.97 Å². The fourth-order valence-electron chi connectivity index (χ4n) is 2.33. The van der Waals surface area contributed by atoms with E-state index in [0.29, 0.717) is 16.3 Å². The summed E-state index contributed by atoms with van der Waals surface area (Å²) in [7, 11) is 1.46. The molecule has 0 spiro atoms. The quantitative estimate of drug-likeness (QED) is 0.627. The summed E-state index contributed by atoms with van der Waals surface area (Å²) in [5.74, 6) is -0.0698. The summed E-state index contributed by atoms with van der Waals surface area (Å²) >= 11 is 5.83. The third-order valence-corrected chi connectivity index (χ3v) is 3.82. The molecule has 4 nitrogen and oxygen atoms in total. The minimum atomic E-state index is -4.58. The van der Waals surface area contributed by atoms with Gasteiger partial charge in [0.15, 0.2) is 11.6 Å². The Morgan fingerprint density at radius 3 is 2.27 bits per heavy atom. The Labute approximate surface area is 153 Å². The van der Waals surface area contributed by atoms with Gasteiger partial charge in [-0.1, -0.05) is 41.9 Å². The third-order valence-electron chi connectivity index (χ3n) is 3.56. The van der Waals surface area contributed by atoms with Gasteiger partial charge in [0.2, 0.25) is 0 Å². The van der Waals surface area contributed by atoms with Gasteiger partial charge in [-0.05, 0) is 24.3 Å². The van der Waals surface area contributed by atoms with Crippen LogP contribution in [0.5, 0.6) is 0 Å². The molecule has 0 aliphatic heterocycles. The molecule has 0 bridgehead atoms. The molecule has 1 heterocycles. The lowest BCUT2D eigenvalue weighted by molar-refractivity contribution is -0.137. The summed E-state index contributed by atoms with van der Waals surface area (Å²) in [6, 6.07) is 15.4. The van der Waals surface area contributed by atoms with Crippen LogP contribution < -0.4 is 10.4 Å². The van der Waals surface area contributed by atoms with Gasteiger partial charge in [0, 0.05) is 23.8 Å². The molecule has 3 aromatic rings. The smallest absolute Gasteiger partial charge is 0.297 e. The van der Waals surface area contributed by atoms with Crippen molar-refractivity contribution >= 4 is 23.1 Å². The van der Waals surface area contributed by atoms with E-state index in [1.54, 1.807) is 48.5 Å². The highest BCUT2D eigenvalue weighted by Gasteiger charge is 2.36. The average Bonchev–Trinajstić information content (AvgIpc) is 2.63. The second-order valence-electron chi connectivity index (χ2n) is 5.47. The summed E-state index contributed by atoms with van der Waals surface area (Å²) in [6.45, 7) is 0. The topological polar surface area (TPSA) is 41.0 Å². The molecule has 0 radical (unpaired) electrons. The number of anilines is 2. The first-order valence-corrected chi connectivity index (χ1v) is 7.98. The van der Waals surface area contributed by atoms with Crippen molar-refractivity contribution in [1.82, 2.24) is 9.97 Å². The molecule has 8 heteroatoms. The van der Waals surface area contributed by atoms with Crippen molar-refractivity contribution in [3.63, 3.8) is 0 Å². The van der Waals surface area contributed by atoms with Crippen LogP contribution in [-0.2, 0) is 6.18 Å². The number of nitrogens with zero attached hydrogens (tertiary/aromatic N) is 3. The summed E-state index contributed by atoms with van der Waals surface area (Å²) < 4.78 is 40.1. The van der Waals surface area contributed by atoms with Gasteiger partial charge in [0.25, 0.3) is 0 Å². The van der Waals surface area contributed by atoms with Crippen LogP contribution in [0.25, 0.3) is 11.4 Å². The molecule has 1 aromatic heterocycles. The summed E-state index contributed by atoms with van der Waals surface area (Å²) in [5, 5.41) is 1.74. The van der Waals surface area contributed by atoms with Crippen LogP contribution in [0, 0.1) is 0 Å². The van der Waals surface area contributed by atoms with Crippen molar-refractivity contribution in [2.24, 2.45) is 0 Å². The predicted molar refractivity (Wildman–Crippen MR) is 95.9 cm³/mol. The fourth-order valence-corrected chi connectivity index (χ4v) is 2.45. The van der Waals surface area contributed by atoms with Gasteiger partial charge in [0.05, 0.1) is 5.69 Å². The maximum absolute atomic E-state index is 13.4. The molecule has 0 aliphatic rings. The normalized spacial score (nSPS) is 11.3. The molecule has 0 atom stereocenters. The summed E-state index contributed by atoms with van der Waals surface area (Å²) in [5.41, 5.74) is 3.13. The van der Waals surface area contributed by atoms with Crippen molar-refractivity contribution < 1.29 is 13.2 Å². The molecule has 3 rings (SSSR count). The molecule has 2 aromatic carbocycles. The first kappa shape index (κ1) is 18.0. The van der Waals surface area contributed by atoms with Gasteiger partial charge in [-0.15, -0.1) is 0 Å². The molecule has 0 fully saturated rings. The number of aromatic nitrogens is 2. The molecule has 1 N–H and O–H groups in total. The van der Waals surface area contributed by atoms with E-state index in [1.165, 1.54) is 12.1 Å². The second-order valence-corrected chi connectivity index (χ2v) is 5.91. The highest BCUT2D eigenvalue weighted by molar-refractivity contribution is 6.30. The highest BCUT2D eigenvalue weighted by Crippen LogP contribution is 2.35. The number of hydrazine groups is 1. The Morgan fingerprint density at radius 1 is 1.00 bits per heavy atom. The Kier molecular flexibility index (Phi) is 4.99. The van der Waals surface area contributed by atoms with E-state index in [-0.39, 0.29) is 11.6 Å². The van der Waals surface area contributed by atoms with Crippen LogP contribution in [0.2, 0.25) is 5.02 Å². The number of nitrogens with one attached hydrogen (secondary N) is 1. The third kappa shape index (κ3) is 4.05. The van der Waals surface area contributed by atoms with Crippen molar-refractivity contribution in [3.05, 3.63) is 71.4 Å². The molecule has 134 valence electrons. The minimum absolute atomic E-state index is 0.207. The van der Waals surface area contributed by atoms with E-state index in [0.717, 1.165) is 6.20 Å². The van der Waals surface area contributed by atoms with Crippen LogP contribution in [0.15, 0.2) is 60.8 Å². The first-order chi connectivity index (χ1) is 12.3. The Balaban J connectivity index is 2.00. The number of alkyl halides is 3. The van der Waals surface area contributed by atoms with Crippen LogP contribution in [-0.4, -0.2) is 17.0 Å². The van der Waals surface area contributed by atoms with Gasteiger partial charge in [-0.2, -0.15) is 13.2 Å². The van der Waals surface area contributed by atoms with E-state index in [4.69, 9.17) is 11.6 Å². The summed E-state index contributed by atoms with van der Waals surface area (Å²) in [6.07, 6.45) is -3.79. The number of hydrogen-bond donors (Lipinski definition) is 1. The molecule has 0 unspecified atom stereocenters. The zero-order valence-electron chi connectivity index (χ0n) is 13.6. The molecule has 0 saturated heterocycles. The Hall–Kier alpha value is -2.80. The second kappa shape index (κ2) is 7.21. The van der Waals surface area contributed by atoms with Crippen LogP contribution >= 0.6 is 11.6 Å². The number of rotatable bonds is 4. The average molecular weight is 379 g/mol. The zero-order chi connectivity index (χ0) is 18.7. The maximum atomic E-state index is 13.4. The van der Waals surface area contributed by atoms with Crippen LogP contribution in [0.4, 0.5) is 24.7 Å². The van der Waals surface area contributed by atoms with E-state index in [9.17, 15) is 13.2 Å². The summed E-state index contributed by atoms with van der Waals surface area (Å²) in [4.78, 5) is 8.00. The number of hydrogen-bond acceptors (Lipinski definition) is 4. The van der Waals surface area contributed by atoms with Crippen molar-refractivity contribution in [2.75, 3.05) is 17.5 Å². The molecule has 0 amide bonds. The van der Waals surface area contributed by atoms with E-state index >= 15 is 0 Å². The lowest BCUT2D eigenvalue weighted by Crippen LogP contribution is -2.29. The SMILES string of the molecule is CN(Nc1ccc(Cl)cc1)c1nc(-c2ccccc2)ncc1C(F)(F)F. The predicted octanol–water partition coefficient (Wildman–Crippen LogP) is 5.28. The van der Waals surface area contributed by atoms with Crippen LogP contribution in [0.3, 0.4) is 0 Å². The van der Waals surface area contributed by atoms with Gasteiger partial charge < -0.3 is 0 Å². The Morgan fingerprint density at radius 2 is 1.65 bits per heavy atom. The first-order valence-electron chi connectivity index (χ1n) is 7.60. The fraction of sp³-hybridized carbons (Fsp3) is 0.111. The van der Waals surface area contributed by atoms with Gasteiger partial charge in [-0.3, -0.25) is 10.4 Å². The largest absolute Gasteiger partial charge is 0.421 e. The van der Waals surface area contributed by atoms with Gasteiger partial charge >= 0.3 is 6.18 Å². The number of halogens is 4. The van der Waals surface area contributed by atoms with Crippen LogP contribution in [0.1, 0.15) is 5.56 Å². The highest BCUT2D eigenvalue weighted by atomic mass is 35.5. The van der Waals surface area contributed by atoms with Gasteiger partial charge in [0.1, 0.15) is 5.56 Å². The standard InChI is InChI=1S/C18H14ClF3N4/c1-26(25-14-9-7-13(19)8-10-14)17-15(18(20,21)22)11-23-16(24-17)12-5-3-2-4-6-12/h2-11,25H,1H3.